The smallest absolute Gasteiger partial charge is 0.244 e. The Morgan fingerprint density at radius 2 is 2.13 bits per heavy atom. The van der Waals surface area contributed by atoms with Gasteiger partial charge in [0, 0.05) is 13.1 Å². The van der Waals surface area contributed by atoms with Crippen LogP contribution >= 0.6 is 0 Å². The van der Waals surface area contributed by atoms with E-state index in [9.17, 15) is 13.2 Å². The normalized spacial score (nSPS) is 20.8. The molecule has 1 heterocycles. The van der Waals surface area contributed by atoms with E-state index in [-0.39, 0.29) is 23.5 Å². The quantitative estimate of drug-likeness (QED) is 0.878. The third kappa shape index (κ3) is 4.16. The van der Waals surface area contributed by atoms with E-state index in [1.54, 1.807) is 26.0 Å². The first-order valence-corrected chi connectivity index (χ1v) is 9.44. The van der Waals surface area contributed by atoms with Gasteiger partial charge >= 0.3 is 0 Å². The first kappa shape index (κ1) is 17.6. The van der Waals surface area contributed by atoms with E-state index in [1.165, 1.54) is 0 Å². The van der Waals surface area contributed by atoms with Crippen molar-refractivity contribution in [3.05, 3.63) is 23.8 Å². The molecule has 23 heavy (non-hydrogen) atoms. The SMILES string of the molecule is COc1ccc(C)cc1N[C@@H](C)C(=O)N(C)[C@@H]1CCS(=O)(=O)C1. The number of ether oxygens (including phenoxy) is 1. The maximum absolute atomic E-state index is 12.6. The Labute approximate surface area is 137 Å². The van der Waals surface area contributed by atoms with Crippen LogP contribution in [0.4, 0.5) is 5.69 Å². The second kappa shape index (κ2) is 6.78. The molecule has 0 bridgehead atoms. The molecule has 1 saturated heterocycles. The van der Waals surface area contributed by atoms with Crippen molar-refractivity contribution in [2.45, 2.75) is 32.4 Å². The maximum atomic E-state index is 12.6. The number of methoxy groups -OCH3 is 1. The topological polar surface area (TPSA) is 75.7 Å². The van der Waals surface area contributed by atoms with Gasteiger partial charge in [0.05, 0.1) is 24.3 Å². The molecule has 0 aliphatic carbocycles. The van der Waals surface area contributed by atoms with Crippen LogP contribution in [0.15, 0.2) is 18.2 Å². The average molecular weight is 340 g/mol. The van der Waals surface area contributed by atoms with Crippen LogP contribution in [-0.4, -0.2) is 57.0 Å². The minimum Gasteiger partial charge on any atom is -0.495 e. The highest BCUT2D eigenvalue weighted by atomic mass is 32.2. The molecule has 0 saturated carbocycles. The van der Waals surface area contributed by atoms with Crippen LogP contribution in [0.2, 0.25) is 0 Å². The van der Waals surface area contributed by atoms with Gasteiger partial charge in [-0.05, 0) is 38.0 Å². The number of rotatable bonds is 5. The van der Waals surface area contributed by atoms with Gasteiger partial charge in [-0.1, -0.05) is 6.07 Å². The van der Waals surface area contributed by atoms with Gasteiger partial charge in [-0.2, -0.15) is 0 Å². The first-order valence-electron chi connectivity index (χ1n) is 7.62. The van der Waals surface area contributed by atoms with E-state index in [2.05, 4.69) is 5.32 Å². The van der Waals surface area contributed by atoms with Crippen molar-refractivity contribution in [2.24, 2.45) is 0 Å². The lowest BCUT2D eigenvalue weighted by Crippen LogP contribution is -2.45. The molecule has 1 fully saturated rings. The number of nitrogens with one attached hydrogen (secondary N) is 1. The highest BCUT2D eigenvalue weighted by Crippen LogP contribution is 2.26. The Bertz CT molecular complexity index is 687. The molecule has 1 aliphatic rings. The zero-order valence-corrected chi connectivity index (χ0v) is 14.8. The summed E-state index contributed by atoms with van der Waals surface area (Å²) in [6.07, 6.45) is 0.505. The van der Waals surface area contributed by atoms with Gasteiger partial charge in [-0.15, -0.1) is 0 Å². The van der Waals surface area contributed by atoms with Gasteiger partial charge in [-0.3, -0.25) is 4.79 Å². The van der Waals surface area contributed by atoms with Crippen LogP contribution in [-0.2, 0) is 14.6 Å². The Kier molecular flexibility index (Phi) is 5.19. The van der Waals surface area contributed by atoms with E-state index in [4.69, 9.17) is 4.74 Å². The summed E-state index contributed by atoms with van der Waals surface area (Å²) in [5.41, 5.74) is 1.81. The van der Waals surface area contributed by atoms with E-state index >= 15 is 0 Å². The summed E-state index contributed by atoms with van der Waals surface area (Å²) in [5, 5.41) is 3.16. The third-order valence-electron chi connectivity index (χ3n) is 4.20. The minimum absolute atomic E-state index is 0.0513. The second-order valence-corrected chi connectivity index (χ2v) is 8.30. The van der Waals surface area contributed by atoms with Crippen LogP contribution in [0.1, 0.15) is 18.9 Å². The number of carbonyl (C=O) groups excluding carboxylic acids is 1. The predicted molar refractivity (Wildman–Crippen MR) is 90.6 cm³/mol. The number of likely N-dealkylation sites (N-methyl/N-ethyl adjacent to an activating group) is 1. The fraction of sp³-hybridized carbons (Fsp3) is 0.562. The molecule has 1 N–H and O–H groups in total. The lowest BCUT2D eigenvalue weighted by atomic mass is 10.1. The molecule has 2 atom stereocenters. The summed E-state index contributed by atoms with van der Waals surface area (Å²) < 4.78 is 28.5. The molecular formula is C16H24N2O4S. The number of nitrogens with zero attached hydrogens (tertiary/aromatic N) is 1. The molecule has 1 aromatic rings. The highest BCUT2D eigenvalue weighted by molar-refractivity contribution is 7.91. The van der Waals surface area contributed by atoms with E-state index < -0.39 is 15.9 Å². The van der Waals surface area contributed by atoms with Crippen LogP contribution < -0.4 is 10.1 Å². The second-order valence-electron chi connectivity index (χ2n) is 6.08. The lowest BCUT2D eigenvalue weighted by molar-refractivity contribution is -0.132. The molecule has 0 aromatic heterocycles. The first-order chi connectivity index (χ1) is 10.7. The fourth-order valence-electron chi connectivity index (χ4n) is 2.80. The molecule has 0 radical (unpaired) electrons. The van der Waals surface area contributed by atoms with Crippen LogP contribution in [0.25, 0.3) is 0 Å². The fourth-order valence-corrected chi connectivity index (χ4v) is 4.57. The van der Waals surface area contributed by atoms with Crippen LogP contribution in [0.5, 0.6) is 5.75 Å². The summed E-state index contributed by atoms with van der Waals surface area (Å²) in [6, 6.07) is 4.99. The predicted octanol–water partition coefficient (Wildman–Crippen LogP) is 1.45. The molecule has 0 spiro atoms. The summed E-state index contributed by atoms with van der Waals surface area (Å²) in [5.74, 6) is 0.746. The van der Waals surface area contributed by atoms with Crippen LogP contribution in [0, 0.1) is 6.92 Å². The zero-order valence-electron chi connectivity index (χ0n) is 14.0. The third-order valence-corrected chi connectivity index (χ3v) is 5.95. The van der Waals surface area contributed by atoms with Gasteiger partial charge < -0.3 is 15.0 Å². The number of benzene rings is 1. The summed E-state index contributed by atoms with van der Waals surface area (Å²) in [4.78, 5) is 14.1. The van der Waals surface area contributed by atoms with Crippen molar-refractivity contribution in [3.63, 3.8) is 0 Å². The van der Waals surface area contributed by atoms with Crippen molar-refractivity contribution in [1.82, 2.24) is 4.90 Å². The summed E-state index contributed by atoms with van der Waals surface area (Å²) in [7, 11) is 0.238. The number of aryl methyl sites for hydroxylation is 1. The molecule has 2 rings (SSSR count). The average Bonchev–Trinajstić information content (AvgIpc) is 2.86. The molecule has 7 heteroatoms. The Morgan fingerprint density at radius 1 is 1.43 bits per heavy atom. The zero-order chi connectivity index (χ0) is 17.2. The number of sulfone groups is 1. The van der Waals surface area contributed by atoms with Crippen molar-refractivity contribution in [2.75, 3.05) is 31.0 Å². The summed E-state index contributed by atoms with van der Waals surface area (Å²) >= 11 is 0. The van der Waals surface area contributed by atoms with Crippen molar-refractivity contribution < 1.29 is 17.9 Å². The number of amides is 1. The molecule has 128 valence electrons. The Morgan fingerprint density at radius 3 is 2.70 bits per heavy atom. The molecule has 1 amide bonds. The molecular weight excluding hydrogens is 316 g/mol. The molecule has 6 nitrogen and oxygen atoms in total. The minimum atomic E-state index is -3.01. The summed E-state index contributed by atoms with van der Waals surface area (Å²) in [6.45, 7) is 3.73. The van der Waals surface area contributed by atoms with Gasteiger partial charge in [0.1, 0.15) is 11.8 Å². The molecule has 0 unspecified atom stereocenters. The van der Waals surface area contributed by atoms with Gasteiger partial charge in [-0.25, -0.2) is 8.42 Å². The van der Waals surface area contributed by atoms with E-state index in [0.717, 1.165) is 11.3 Å². The number of carbonyl (C=O) groups is 1. The van der Waals surface area contributed by atoms with Crippen LogP contribution in [0.3, 0.4) is 0 Å². The van der Waals surface area contributed by atoms with Gasteiger partial charge in [0.15, 0.2) is 9.84 Å². The Balaban J connectivity index is 2.07. The van der Waals surface area contributed by atoms with Gasteiger partial charge in [0.2, 0.25) is 5.91 Å². The lowest BCUT2D eigenvalue weighted by Gasteiger charge is -2.27. The van der Waals surface area contributed by atoms with E-state index in [0.29, 0.717) is 12.2 Å². The van der Waals surface area contributed by atoms with Crippen molar-refractivity contribution >= 4 is 21.4 Å². The number of hydrogen-bond donors (Lipinski definition) is 1. The Hall–Kier alpha value is -1.76. The van der Waals surface area contributed by atoms with Crippen molar-refractivity contribution in [3.8, 4) is 5.75 Å². The largest absolute Gasteiger partial charge is 0.495 e. The molecule has 1 aromatic carbocycles. The monoisotopic (exact) mass is 340 g/mol. The van der Waals surface area contributed by atoms with Crippen molar-refractivity contribution in [1.29, 1.82) is 0 Å². The van der Waals surface area contributed by atoms with E-state index in [1.807, 2.05) is 25.1 Å². The maximum Gasteiger partial charge on any atom is 0.244 e. The standard InChI is InChI=1S/C16H24N2O4S/c1-11-5-6-15(22-4)14(9-11)17-12(2)16(19)18(3)13-7-8-23(20,21)10-13/h5-6,9,12-13,17H,7-8,10H2,1-4H3/t12-,13+/m0/s1. The number of anilines is 1. The van der Waals surface area contributed by atoms with Gasteiger partial charge in [0.25, 0.3) is 0 Å². The number of hydrogen-bond acceptors (Lipinski definition) is 5. The highest BCUT2D eigenvalue weighted by Gasteiger charge is 2.34. The molecule has 1 aliphatic heterocycles.